The summed E-state index contributed by atoms with van der Waals surface area (Å²) in [6.45, 7) is 10.7. The summed E-state index contributed by atoms with van der Waals surface area (Å²) in [7, 11) is -1.20. The van der Waals surface area contributed by atoms with E-state index in [4.69, 9.17) is 0 Å². The number of aliphatic hydroxyl groups excluding tert-OH is 1. The lowest BCUT2D eigenvalue weighted by molar-refractivity contribution is 0.126. The van der Waals surface area contributed by atoms with Crippen LogP contribution in [0.2, 0.25) is 19.6 Å². The summed E-state index contributed by atoms with van der Waals surface area (Å²) in [5.41, 5.74) is 2.99. The Morgan fingerprint density at radius 3 is 2.12 bits per heavy atom. The van der Waals surface area contributed by atoms with Crippen molar-refractivity contribution in [3.05, 3.63) is 29.5 Å². The molecule has 94 valence electrons. The van der Waals surface area contributed by atoms with Crippen LogP contribution in [-0.2, 0) is 0 Å². The summed E-state index contributed by atoms with van der Waals surface area (Å²) >= 11 is 0. The smallest absolute Gasteiger partial charge is 0.151 e. The second-order valence-electron chi connectivity index (χ2n) is 5.76. The largest absolute Gasteiger partial charge is 0.388 e. The van der Waals surface area contributed by atoms with Gasteiger partial charge in [-0.1, -0.05) is 39.2 Å². The highest BCUT2D eigenvalue weighted by atomic mass is 28.3. The van der Waals surface area contributed by atoms with Crippen molar-refractivity contribution in [1.29, 1.82) is 0 Å². The number of nitrogens with zero attached hydrogens (tertiary/aromatic N) is 2. The first kappa shape index (κ1) is 14.1. The third-order valence-corrected chi connectivity index (χ3v) is 3.56. The van der Waals surface area contributed by atoms with Crippen molar-refractivity contribution >= 4 is 14.1 Å². The molecule has 1 atom stereocenters. The van der Waals surface area contributed by atoms with Crippen LogP contribution in [0.1, 0.15) is 31.3 Å². The molecule has 1 heterocycles. The standard InChI is InChI=1S/C13H22N2OSi/c1-10(2)13(16)11-8-14-12(15-9-11)6-7-17(3,4)5/h6-10,13,16H,1-5H3/b7-6+. The van der Waals surface area contributed by atoms with E-state index < -0.39 is 14.2 Å². The van der Waals surface area contributed by atoms with Gasteiger partial charge in [0.25, 0.3) is 0 Å². The summed E-state index contributed by atoms with van der Waals surface area (Å²) < 4.78 is 0. The first-order chi connectivity index (χ1) is 7.79. The zero-order chi connectivity index (χ0) is 13.1. The quantitative estimate of drug-likeness (QED) is 0.835. The Morgan fingerprint density at radius 1 is 1.18 bits per heavy atom. The highest BCUT2D eigenvalue weighted by Gasteiger charge is 2.12. The molecule has 0 aliphatic carbocycles. The van der Waals surface area contributed by atoms with Crippen molar-refractivity contribution in [3.8, 4) is 0 Å². The van der Waals surface area contributed by atoms with Gasteiger partial charge in [-0.15, -0.1) is 0 Å². The van der Waals surface area contributed by atoms with Crippen molar-refractivity contribution in [3.63, 3.8) is 0 Å². The van der Waals surface area contributed by atoms with Crippen molar-refractivity contribution in [2.45, 2.75) is 39.6 Å². The van der Waals surface area contributed by atoms with Gasteiger partial charge in [0.05, 0.1) is 14.2 Å². The topological polar surface area (TPSA) is 46.0 Å². The van der Waals surface area contributed by atoms with E-state index in [0.717, 1.165) is 5.56 Å². The molecule has 0 spiro atoms. The molecular formula is C13H22N2OSi. The maximum absolute atomic E-state index is 9.86. The van der Waals surface area contributed by atoms with Crippen LogP contribution in [0, 0.1) is 5.92 Å². The lowest BCUT2D eigenvalue weighted by Gasteiger charge is -2.13. The number of aromatic nitrogens is 2. The molecule has 1 aromatic rings. The normalized spacial score (nSPS) is 14.5. The van der Waals surface area contributed by atoms with Gasteiger partial charge in [-0.2, -0.15) is 0 Å². The predicted octanol–water partition coefficient (Wildman–Crippen LogP) is 3.06. The minimum absolute atomic E-state index is 0.182. The van der Waals surface area contributed by atoms with Crippen LogP contribution in [0.25, 0.3) is 6.08 Å². The molecule has 1 aromatic heterocycles. The molecule has 0 fully saturated rings. The van der Waals surface area contributed by atoms with Crippen LogP contribution in [0.3, 0.4) is 0 Å². The van der Waals surface area contributed by atoms with E-state index in [1.807, 2.05) is 19.9 Å². The number of hydrogen-bond acceptors (Lipinski definition) is 3. The Labute approximate surface area is 105 Å². The first-order valence-corrected chi connectivity index (χ1v) is 9.56. The van der Waals surface area contributed by atoms with Crippen LogP contribution in [0.4, 0.5) is 0 Å². The Balaban J connectivity index is 2.79. The molecule has 0 bridgehead atoms. The molecule has 3 nitrogen and oxygen atoms in total. The molecule has 1 rings (SSSR count). The van der Waals surface area contributed by atoms with E-state index in [-0.39, 0.29) is 5.92 Å². The molecule has 0 amide bonds. The molecule has 0 aliphatic rings. The number of hydrogen-bond donors (Lipinski definition) is 1. The van der Waals surface area contributed by atoms with Crippen LogP contribution >= 0.6 is 0 Å². The Morgan fingerprint density at radius 2 is 1.71 bits per heavy atom. The highest BCUT2D eigenvalue weighted by molar-refractivity contribution is 6.81. The van der Waals surface area contributed by atoms with Crippen molar-refractivity contribution in [2.24, 2.45) is 5.92 Å². The van der Waals surface area contributed by atoms with Crippen molar-refractivity contribution in [1.82, 2.24) is 9.97 Å². The van der Waals surface area contributed by atoms with E-state index in [1.165, 1.54) is 0 Å². The molecule has 0 radical (unpaired) electrons. The summed E-state index contributed by atoms with van der Waals surface area (Å²) in [4.78, 5) is 8.50. The molecule has 0 aromatic carbocycles. The van der Waals surface area contributed by atoms with Crippen molar-refractivity contribution < 1.29 is 5.11 Å². The maximum Gasteiger partial charge on any atom is 0.151 e. The van der Waals surface area contributed by atoms with Gasteiger partial charge in [0.1, 0.15) is 0 Å². The molecule has 0 saturated carbocycles. The minimum atomic E-state index is -1.20. The van der Waals surface area contributed by atoms with Gasteiger partial charge >= 0.3 is 0 Å². The Bertz CT molecular complexity index is 379. The predicted molar refractivity (Wildman–Crippen MR) is 74.2 cm³/mol. The first-order valence-electron chi connectivity index (χ1n) is 5.99. The second-order valence-corrected chi connectivity index (χ2v) is 10.8. The summed E-state index contributed by atoms with van der Waals surface area (Å²) in [5, 5.41) is 9.86. The van der Waals surface area contributed by atoms with E-state index in [0.29, 0.717) is 5.82 Å². The second kappa shape index (κ2) is 5.56. The van der Waals surface area contributed by atoms with E-state index in [9.17, 15) is 5.11 Å². The fourth-order valence-corrected chi connectivity index (χ4v) is 1.95. The van der Waals surface area contributed by atoms with Gasteiger partial charge < -0.3 is 5.11 Å². The highest BCUT2D eigenvalue weighted by Crippen LogP contribution is 2.19. The molecule has 0 saturated heterocycles. The van der Waals surface area contributed by atoms with Gasteiger partial charge in [-0.05, 0) is 12.0 Å². The fraction of sp³-hybridized carbons (Fsp3) is 0.538. The van der Waals surface area contributed by atoms with Gasteiger partial charge in [0.15, 0.2) is 5.82 Å². The Kier molecular flexibility index (Phi) is 4.59. The third kappa shape index (κ3) is 4.79. The van der Waals surface area contributed by atoms with Crippen LogP contribution in [0.5, 0.6) is 0 Å². The fourth-order valence-electron chi connectivity index (χ4n) is 1.30. The number of rotatable bonds is 4. The summed E-state index contributed by atoms with van der Waals surface area (Å²) in [6.07, 6.45) is 4.91. The molecule has 1 unspecified atom stereocenters. The van der Waals surface area contributed by atoms with Gasteiger partial charge in [-0.3, -0.25) is 0 Å². The molecule has 4 heteroatoms. The lowest BCUT2D eigenvalue weighted by Crippen LogP contribution is -2.15. The van der Waals surface area contributed by atoms with Crippen LogP contribution in [-0.4, -0.2) is 23.1 Å². The lowest BCUT2D eigenvalue weighted by atomic mass is 10.0. The zero-order valence-corrected chi connectivity index (χ0v) is 12.3. The van der Waals surface area contributed by atoms with E-state index in [2.05, 4.69) is 35.3 Å². The van der Waals surface area contributed by atoms with Crippen molar-refractivity contribution in [2.75, 3.05) is 0 Å². The van der Waals surface area contributed by atoms with Gasteiger partial charge in [-0.25, -0.2) is 9.97 Å². The van der Waals surface area contributed by atoms with E-state index >= 15 is 0 Å². The van der Waals surface area contributed by atoms with E-state index in [1.54, 1.807) is 12.4 Å². The monoisotopic (exact) mass is 250 g/mol. The molecular weight excluding hydrogens is 228 g/mol. The van der Waals surface area contributed by atoms with Crippen LogP contribution in [0.15, 0.2) is 18.1 Å². The SMILES string of the molecule is CC(C)C(O)c1cnc(/C=C/[Si](C)(C)C)nc1. The zero-order valence-electron chi connectivity index (χ0n) is 11.3. The summed E-state index contributed by atoms with van der Waals surface area (Å²) in [5.74, 6) is 0.897. The molecule has 0 aliphatic heterocycles. The summed E-state index contributed by atoms with van der Waals surface area (Å²) in [6, 6.07) is 0. The molecule has 1 N–H and O–H groups in total. The van der Waals surface area contributed by atoms with Gasteiger partial charge in [0, 0.05) is 18.0 Å². The molecule has 17 heavy (non-hydrogen) atoms. The minimum Gasteiger partial charge on any atom is -0.388 e. The third-order valence-electron chi connectivity index (χ3n) is 2.40. The average molecular weight is 250 g/mol. The van der Waals surface area contributed by atoms with Gasteiger partial charge in [0.2, 0.25) is 0 Å². The average Bonchev–Trinajstić information content (AvgIpc) is 2.25. The number of aliphatic hydroxyl groups is 1. The maximum atomic E-state index is 9.86. The van der Waals surface area contributed by atoms with Crippen LogP contribution < -0.4 is 0 Å². The Hall–Kier alpha value is -1.00.